The summed E-state index contributed by atoms with van der Waals surface area (Å²) in [6, 6.07) is 11.9. The molecule has 1 amide bonds. The highest BCUT2D eigenvalue weighted by Crippen LogP contribution is 2.32. The van der Waals surface area contributed by atoms with E-state index in [9.17, 15) is 4.79 Å². The van der Waals surface area contributed by atoms with E-state index in [2.05, 4.69) is 55.4 Å². The van der Waals surface area contributed by atoms with Crippen molar-refractivity contribution in [2.75, 3.05) is 38.1 Å². The molecule has 5 rings (SSSR count). The van der Waals surface area contributed by atoms with Gasteiger partial charge < -0.3 is 20.6 Å². The molecule has 9 heteroatoms. The number of aromatic nitrogens is 3. The lowest BCUT2D eigenvalue weighted by Gasteiger charge is -2.34. The number of fused-ring (bicyclic) bond motifs is 3. The molecule has 1 aromatic carbocycles. The highest BCUT2D eigenvalue weighted by Gasteiger charge is 2.20. The molecule has 9 nitrogen and oxygen atoms in total. The number of aryl methyl sites for hydroxylation is 1. The van der Waals surface area contributed by atoms with Crippen LogP contribution in [0.3, 0.4) is 0 Å². The minimum absolute atomic E-state index is 0.372. The molecule has 162 valence electrons. The summed E-state index contributed by atoms with van der Waals surface area (Å²) in [5.74, 6) is 4.64. The van der Waals surface area contributed by atoms with Crippen molar-refractivity contribution in [2.45, 2.75) is 6.92 Å². The average molecular weight is 429 g/mol. The van der Waals surface area contributed by atoms with E-state index in [1.54, 1.807) is 12.3 Å². The SMILES string of the molecule is Cc1ccc(-c2cc(C(=O)N=NN)c3[nH]c4cc(N5CCN(C)CC5)ccc4c3n2)cn1. The van der Waals surface area contributed by atoms with Gasteiger partial charge in [0.05, 0.1) is 27.8 Å². The van der Waals surface area contributed by atoms with Gasteiger partial charge in [0.15, 0.2) is 0 Å². The van der Waals surface area contributed by atoms with Crippen LogP contribution in [-0.2, 0) is 0 Å². The highest BCUT2D eigenvalue weighted by atomic mass is 16.1. The van der Waals surface area contributed by atoms with E-state index in [0.717, 1.165) is 54.0 Å². The Balaban J connectivity index is 1.67. The zero-order valence-electron chi connectivity index (χ0n) is 18.0. The minimum Gasteiger partial charge on any atom is -0.369 e. The molecule has 4 heterocycles. The summed E-state index contributed by atoms with van der Waals surface area (Å²) >= 11 is 0. The molecule has 4 aromatic rings. The van der Waals surface area contributed by atoms with Crippen molar-refractivity contribution >= 4 is 33.5 Å². The molecule has 32 heavy (non-hydrogen) atoms. The van der Waals surface area contributed by atoms with E-state index in [1.165, 1.54) is 0 Å². The molecule has 1 fully saturated rings. The number of nitrogens with zero attached hydrogens (tertiary/aromatic N) is 6. The van der Waals surface area contributed by atoms with Crippen molar-refractivity contribution in [2.24, 2.45) is 16.2 Å². The van der Waals surface area contributed by atoms with Crippen LogP contribution in [-0.4, -0.2) is 59.0 Å². The maximum atomic E-state index is 12.7. The fraction of sp³-hybridized carbons (Fsp3) is 0.261. The Bertz CT molecular complexity index is 1330. The predicted molar refractivity (Wildman–Crippen MR) is 125 cm³/mol. The lowest BCUT2D eigenvalue weighted by molar-refractivity contribution is 0.0995. The van der Waals surface area contributed by atoms with Gasteiger partial charge in [-0.2, -0.15) is 0 Å². The molecule has 0 radical (unpaired) electrons. The number of amides is 1. The van der Waals surface area contributed by atoms with E-state index in [0.29, 0.717) is 22.3 Å². The number of nitrogens with two attached hydrogens (primary N) is 1. The van der Waals surface area contributed by atoms with Crippen LogP contribution in [0.25, 0.3) is 33.2 Å². The van der Waals surface area contributed by atoms with Crippen LogP contribution in [0.4, 0.5) is 5.69 Å². The van der Waals surface area contributed by atoms with Crippen LogP contribution in [0, 0.1) is 6.92 Å². The number of hydrogen-bond acceptors (Lipinski definition) is 6. The summed E-state index contributed by atoms with van der Waals surface area (Å²) in [6.45, 7) is 5.94. The third-order valence-electron chi connectivity index (χ3n) is 5.99. The molecular weight excluding hydrogens is 404 g/mol. The molecule has 0 aliphatic carbocycles. The number of carbonyl (C=O) groups excluding carboxylic acids is 1. The number of carbonyl (C=O) groups is 1. The number of pyridine rings is 2. The third-order valence-corrected chi connectivity index (χ3v) is 5.99. The molecule has 1 aliphatic rings. The fourth-order valence-corrected chi connectivity index (χ4v) is 4.15. The van der Waals surface area contributed by atoms with Crippen LogP contribution in [0.5, 0.6) is 0 Å². The van der Waals surface area contributed by atoms with Crippen molar-refractivity contribution in [1.82, 2.24) is 19.9 Å². The highest BCUT2D eigenvalue weighted by molar-refractivity contribution is 6.14. The molecule has 0 atom stereocenters. The summed E-state index contributed by atoms with van der Waals surface area (Å²) < 4.78 is 0. The van der Waals surface area contributed by atoms with E-state index in [4.69, 9.17) is 10.8 Å². The number of anilines is 1. The Morgan fingerprint density at radius 1 is 1.12 bits per heavy atom. The first-order valence-electron chi connectivity index (χ1n) is 10.5. The number of piperazine rings is 1. The largest absolute Gasteiger partial charge is 0.369 e. The zero-order valence-corrected chi connectivity index (χ0v) is 18.0. The number of benzene rings is 1. The number of rotatable bonds is 3. The lowest BCUT2D eigenvalue weighted by atomic mass is 10.1. The Morgan fingerprint density at radius 2 is 1.94 bits per heavy atom. The van der Waals surface area contributed by atoms with Gasteiger partial charge in [-0.1, -0.05) is 10.3 Å². The monoisotopic (exact) mass is 428 g/mol. The van der Waals surface area contributed by atoms with Crippen LogP contribution in [0.15, 0.2) is 52.9 Å². The minimum atomic E-state index is -0.521. The van der Waals surface area contributed by atoms with E-state index in [1.807, 2.05) is 19.1 Å². The van der Waals surface area contributed by atoms with Crippen LogP contribution in [0.1, 0.15) is 16.1 Å². The second-order valence-corrected chi connectivity index (χ2v) is 8.13. The predicted octanol–water partition coefficient (Wildman–Crippen LogP) is 3.30. The Labute approximate surface area is 184 Å². The van der Waals surface area contributed by atoms with Gasteiger partial charge in [-0.15, -0.1) is 0 Å². The zero-order chi connectivity index (χ0) is 22.2. The Morgan fingerprint density at radius 3 is 2.66 bits per heavy atom. The maximum absolute atomic E-state index is 12.7. The van der Waals surface area contributed by atoms with Gasteiger partial charge in [0.2, 0.25) is 0 Å². The number of aromatic amines is 1. The molecular formula is C23H24N8O. The van der Waals surface area contributed by atoms with Gasteiger partial charge >= 0.3 is 0 Å². The normalized spacial score (nSPS) is 15.2. The number of hydrogen-bond donors (Lipinski definition) is 2. The van der Waals surface area contributed by atoms with Gasteiger partial charge in [-0.05, 0) is 50.4 Å². The Kier molecular flexibility index (Phi) is 5.02. The topological polar surface area (TPSA) is 116 Å². The molecule has 3 N–H and O–H groups in total. The van der Waals surface area contributed by atoms with Crippen LogP contribution >= 0.6 is 0 Å². The van der Waals surface area contributed by atoms with Gasteiger partial charge in [0.1, 0.15) is 0 Å². The van der Waals surface area contributed by atoms with E-state index < -0.39 is 5.91 Å². The second-order valence-electron chi connectivity index (χ2n) is 8.13. The summed E-state index contributed by atoms with van der Waals surface area (Å²) in [5, 5.41) is 7.68. The Hall–Kier alpha value is -3.85. The molecule has 3 aromatic heterocycles. The molecule has 0 spiro atoms. The van der Waals surface area contributed by atoms with Gasteiger partial charge in [-0.3, -0.25) is 9.78 Å². The lowest BCUT2D eigenvalue weighted by Crippen LogP contribution is -2.44. The number of nitrogens with one attached hydrogen (secondary N) is 1. The molecule has 0 bridgehead atoms. The van der Waals surface area contributed by atoms with Crippen molar-refractivity contribution in [1.29, 1.82) is 0 Å². The number of H-pyrrole nitrogens is 1. The third kappa shape index (κ3) is 3.56. The van der Waals surface area contributed by atoms with Gasteiger partial charge in [0, 0.05) is 54.7 Å². The standard InChI is InChI=1S/C23H24N8O/c1-14-3-4-15(13-25-14)19-12-18(23(32)28-29-24)22-21(26-19)17-6-5-16(11-20(17)27-22)31-9-7-30(2)8-10-31/h3-6,11-13,27H,7-10H2,1-2H3,(H2,24,28,32). The molecule has 1 saturated heterocycles. The number of likely N-dealkylation sites (N-methyl/N-ethyl adjacent to an activating group) is 1. The molecule has 1 aliphatic heterocycles. The molecule has 0 unspecified atom stereocenters. The fourth-order valence-electron chi connectivity index (χ4n) is 4.15. The quantitative estimate of drug-likeness (QED) is 0.294. The van der Waals surface area contributed by atoms with Gasteiger partial charge in [-0.25, -0.2) is 4.98 Å². The first kappa shape index (κ1) is 20.1. The maximum Gasteiger partial charge on any atom is 0.299 e. The van der Waals surface area contributed by atoms with Crippen molar-refractivity contribution in [3.05, 3.63) is 53.9 Å². The van der Waals surface area contributed by atoms with Crippen LogP contribution in [0.2, 0.25) is 0 Å². The van der Waals surface area contributed by atoms with E-state index >= 15 is 0 Å². The second kappa shape index (κ2) is 8.01. The summed E-state index contributed by atoms with van der Waals surface area (Å²) in [7, 11) is 2.14. The first-order valence-corrected chi connectivity index (χ1v) is 10.5. The van der Waals surface area contributed by atoms with Crippen LogP contribution < -0.4 is 10.7 Å². The smallest absolute Gasteiger partial charge is 0.299 e. The van der Waals surface area contributed by atoms with Crippen molar-refractivity contribution in [3.63, 3.8) is 0 Å². The summed E-state index contributed by atoms with van der Waals surface area (Å²) in [5.41, 5.74) is 6.14. The van der Waals surface area contributed by atoms with Crippen molar-refractivity contribution in [3.8, 4) is 11.3 Å². The van der Waals surface area contributed by atoms with E-state index in [-0.39, 0.29) is 0 Å². The van der Waals surface area contributed by atoms with Crippen molar-refractivity contribution < 1.29 is 4.79 Å². The van der Waals surface area contributed by atoms with Gasteiger partial charge in [0.25, 0.3) is 5.91 Å². The molecule has 0 saturated carbocycles. The first-order chi connectivity index (χ1) is 15.5. The summed E-state index contributed by atoms with van der Waals surface area (Å²) in [4.78, 5) is 30.0. The average Bonchev–Trinajstić information content (AvgIpc) is 3.17. The summed E-state index contributed by atoms with van der Waals surface area (Å²) in [6.07, 6.45) is 1.75.